The summed E-state index contributed by atoms with van der Waals surface area (Å²) >= 11 is 0. The molecule has 5 nitrogen and oxygen atoms in total. The Kier molecular flexibility index (Phi) is 10.2. The van der Waals surface area contributed by atoms with Gasteiger partial charge >= 0.3 is 0 Å². The van der Waals surface area contributed by atoms with Crippen molar-refractivity contribution in [1.82, 2.24) is 5.32 Å². The van der Waals surface area contributed by atoms with Crippen molar-refractivity contribution in [3.05, 3.63) is 65.7 Å². The number of ether oxygens (including phenoxy) is 1. The van der Waals surface area contributed by atoms with Crippen LogP contribution in [-0.2, 0) is 17.6 Å². The van der Waals surface area contributed by atoms with Gasteiger partial charge < -0.3 is 21.5 Å². The molecule has 2 aromatic carbocycles. The van der Waals surface area contributed by atoms with E-state index in [1.165, 1.54) is 11.1 Å². The van der Waals surface area contributed by atoms with E-state index < -0.39 is 0 Å². The summed E-state index contributed by atoms with van der Waals surface area (Å²) in [6.07, 6.45) is 5.09. The van der Waals surface area contributed by atoms with Gasteiger partial charge in [0.15, 0.2) is 0 Å². The third-order valence-electron chi connectivity index (χ3n) is 5.25. The van der Waals surface area contributed by atoms with Crippen molar-refractivity contribution in [3.63, 3.8) is 0 Å². The lowest BCUT2D eigenvalue weighted by atomic mass is 9.92. The number of nitrogens with two attached hydrogens (primary N) is 2. The Bertz CT molecular complexity index is 704. The molecule has 158 valence electrons. The van der Waals surface area contributed by atoms with Gasteiger partial charge in [-0.05, 0) is 68.3 Å². The van der Waals surface area contributed by atoms with E-state index in [0.29, 0.717) is 13.1 Å². The number of aryl methyl sites for hydroxylation is 2. The molecule has 5 heteroatoms. The van der Waals surface area contributed by atoms with E-state index in [1.54, 1.807) is 7.11 Å². The maximum absolute atomic E-state index is 12.9. The first-order valence-electron chi connectivity index (χ1n) is 10.5. The van der Waals surface area contributed by atoms with Crippen molar-refractivity contribution < 1.29 is 9.53 Å². The summed E-state index contributed by atoms with van der Waals surface area (Å²) in [5.41, 5.74) is 14.1. The summed E-state index contributed by atoms with van der Waals surface area (Å²) in [6.45, 7) is 1.13. The van der Waals surface area contributed by atoms with Gasteiger partial charge in [-0.3, -0.25) is 4.79 Å². The van der Waals surface area contributed by atoms with E-state index in [1.807, 2.05) is 30.3 Å². The van der Waals surface area contributed by atoms with E-state index in [4.69, 9.17) is 16.2 Å². The van der Waals surface area contributed by atoms with E-state index in [9.17, 15) is 4.79 Å². The highest BCUT2D eigenvalue weighted by Crippen LogP contribution is 2.19. The van der Waals surface area contributed by atoms with Crippen LogP contribution in [0.25, 0.3) is 0 Å². The Hall–Kier alpha value is -2.37. The number of benzene rings is 2. The van der Waals surface area contributed by atoms with Gasteiger partial charge in [0.2, 0.25) is 5.91 Å². The molecule has 1 unspecified atom stereocenters. The zero-order chi connectivity index (χ0) is 20.9. The molecule has 0 radical (unpaired) electrons. The molecule has 5 N–H and O–H groups in total. The minimum Gasteiger partial charge on any atom is -0.497 e. The lowest BCUT2D eigenvalue weighted by Gasteiger charge is -2.19. The van der Waals surface area contributed by atoms with E-state index in [-0.39, 0.29) is 17.9 Å². The standard InChI is InChI=1S/C24H35N3O2/c1-29-23-15-11-20(12-16-23)10-14-21(13-9-19-6-3-2-4-7-19)24(28)27-18-22(26)8-5-17-25/h2-4,6-7,11-12,15-16,21-22H,5,8-10,13-14,17-18,25-26H2,1H3,(H,27,28)/t21?,22-/m0/s1. The summed E-state index contributed by atoms with van der Waals surface area (Å²) in [6, 6.07) is 18.3. The molecule has 0 spiro atoms. The number of hydrogen-bond acceptors (Lipinski definition) is 4. The lowest BCUT2D eigenvalue weighted by Crippen LogP contribution is -2.40. The molecule has 0 bridgehead atoms. The molecule has 1 amide bonds. The maximum atomic E-state index is 12.9. The SMILES string of the molecule is COc1ccc(CCC(CCc2ccccc2)C(=O)NC[C@@H](N)CCCN)cc1. The fourth-order valence-electron chi connectivity index (χ4n) is 3.38. The van der Waals surface area contributed by atoms with Crippen LogP contribution in [0.5, 0.6) is 5.75 Å². The minimum absolute atomic E-state index is 0.0426. The Balaban J connectivity index is 1.92. The van der Waals surface area contributed by atoms with Gasteiger partial charge in [0.05, 0.1) is 7.11 Å². The Morgan fingerprint density at radius 3 is 2.17 bits per heavy atom. The normalized spacial score (nSPS) is 12.9. The average molecular weight is 398 g/mol. The van der Waals surface area contributed by atoms with Gasteiger partial charge in [-0.1, -0.05) is 42.5 Å². The summed E-state index contributed by atoms with van der Waals surface area (Å²) < 4.78 is 5.22. The molecular weight excluding hydrogens is 362 g/mol. The highest BCUT2D eigenvalue weighted by molar-refractivity contribution is 5.78. The number of rotatable bonds is 13. The van der Waals surface area contributed by atoms with E-state index in [2.05, 4.69) is 29.6 Å². The smallest absolute Gasteiger partial charge is 0.223 e. The molecule has 0 aliphatic rings. The van der Waals surface area contributed by atoms with Crippen molar-refractivity contribution in [2.45, 2.75) is 44.6 Å². The van der Waals surface area contributed by atoms with Gasteiger partial charge in [0.25, 0.3) is 0 Å². The molecule has 2 atom stereocenters. The van der Waals surface area contributed by atoms with Gasteiger partial charge in [-0.2, -0.15) is 0 Å². The molecule has 0 fully saturated rings. The summed E-state index contributed by atoms with van der Waals surface area (Å²) in [5.74, 6) is 0.898. The van der Waals surface area contributed by atoms with Crippen molar-refractivity contribution in [2.24, 2.45) is 17.4 Å². The van der Waals surface area contributed by atoms with Crippen LogP contribution in [0, 0.1) is 5.92 Å². The number of carbonyl (C=O) groups is 1. The number of nitrogens with one attached hydrogen (secondary N) is 1. The minimum atomic E-state index is -0.0427. The molecule has 0 aromatic heterocycles. The molecule has 2 aromatic rings. The Labute approximate surface area is 174 Å². The third kappa shape index (κ3) is 8.67. The molecule has 0 aliphatic heterocycles. The van der Waals surface area contributed by atoms with Crippen LogP contribution in [0.1, 0.15) is 36.8 Å². The van der Waals surface area contributed by atoms with Crippen LogP contribution in [0.3, 0.4) is 0 Å². The number of hydrogen-bond donors (Lipinski definition) is 3. The molecule has 29 heavy (non-hydrogen) atoms. The summed E-state index contributed by atoms with van der Waals surface area (Å²) in [7, 11) is 1.66. The van der Waals surface area contributed by atoms with Gasteiger partial charge in [-0.25, -0.2) is 0 Å². The molecule has 2 rings (SSSR count). The number of carbonyl (C=O) groups excluding carboxylic acids is 1. The first-order valence-corrected chi connectivity index (χ1v) is 10.5. The predicted octanol–water partition coefficient (Wildman–Crippen LogP) is 3.06. The number of methoxy groups -OCH3 is 1. The first-order chi connectivity index (χ1) is 14.1. The fraction of sp³-hybridized carbons (Fsp3) is 0.458. The van der Waals surface area contributed by atoms with Crippen LogP contribution < -0.4 is 21.5 Å². The van der Waals surface area contributed by atoms with Crippen molar-refractivity contribution in [2.75, 3.05) is 20.2 Å². The number of amides is 1. The van der Waals surface area contributed by atoms with Crippen LogP contribution >= 0.6 is 0 Å². The van der Waals surface area contributed by atoms with Gasteiger partial charge in [-0.15, -0.1) is 0 Å². The third-order valence-corrected chi connectivity index (χ3v) is 5.25. The second-order valence-electron chi connectivity index (χ2n) is 7.54. The van der Waals surface area contributed by atoms with Gasteiger partial charge in [0.1, 0.15) is 5.75 Å². The van der Waals surface area contributed by atoms with Crippen molar-refractivity contribution in [3.8, 4) is 5.75 Å². The van der Waals surface area contributed by atoms with Crippen LogP contribution in [0.2, 0.25) is 0 Å². The van der Waals surface area contributed by atoms with Gasteiger partial charge in [0, 0.05) is 18.5 Å². The predicted molar refractivity (Wildman–Crippen MR) is 119 cm³/mol. The molecule has 0 saturated carbocycles. The summed E-state index contributed by atoms with van der Waals surface area (Å²) in [5, 5.41) is 3.06. The maximum Gasteiger partial charge on any atom is 0.223 e. The van der Waals surface area contributed by atoms with Crippen molar-refractivity contribution >= 4 is 5.91 Å². The van der Waals surface area contributed by atoms with Crippen LogP contribution in [0.15, 0.2) is 54.6 Å². The quantitative estimate of drug-likeness (QED) is 0.484. The van der Waals surface area contributed by atoms with Crippen LogP contribution in [0.4, 0.5) is 0 Å². The van der Waals surface area contributed by atoms with Crippen LogP contribution in [-0.4, -0.2) is 32.1 Å². The zero-order valence-electron chi connectivity index (χ0n) is 17.5. The molecule has 0 aliphatic carbocycles. The lowest BCUT2D eigenvalue weighted by molar-refractivity contribution is -0.125. The topological polar surface area (TPSA) is 90.4 Å². The van der Waals surface area contributed by atoms with E-state index >= 15 is 0 Å². The molecule has 0 saturated heterocycles. The second-order valence-corrected chi connectivity index (χ2v) is 7.54. The van der Waals surface area contributed by atoms with E-state index in [0.717, 1.165) is 44.3 Å². The molecule has 0 heterocycles. The highest BCUT2D eigenvalue weighted by atomic mass is 16.5. The fourth-order valence-corrected chi connectivity index (χ4v) is 3.38. The monoisotopic (exact) mass is 397 g/mol. The molecular formula is C24H35N3O2. The Morgan fingerprint density at radius 1 is 0.966 bits per heavy atom. The zero-order valence-corrected chi connectivity index (χ0v) is 17.5. The average Bonchev–Trinajstić information content (AvgIpc) is 2.77. The second kappa shape index (κ2) is 13.0. The van der Waals surface area contributed by atoms with Crippen molar-refractivity contribution in [1.29, 1.82) is 0 Å². The Morgan fingerprint density at radius 2 is 1.59 bits per heavy atom. The summed E-state index contributed by atoms with van der Waals surface area (Å²) in [4.78, 5) is 12.9. The first kappa shape index (κ1) is 22.9. The largest absolute Gasteiger partial charge is 0.497 e. The highest BCUT2D eigenvalue weighted by Gasteiger charge is 2.19.